The first-order valence-electron chi connectivity index (χ1n) is 8.41. The van der Waals surface area contributed by atoms with Crippen molar-refractivity contribution in [2.45, 2.75) is 38.6 Å². The molecule has 0 aliphatic carbocycles. The largest absolute Gasteiger partial charge is 0.341 e. The van der Waals surface area contributed by atoms with Crippen LogP contribution < -0.4 is 5.32 Å². The Morgan fingerprint density at radius 1 is 1.12 bits per heavy atom. The number of amides is 4. The molecule has 1 N–H and O–H groups in total. The average Bonchev–Trinajstić information content (AvgIpc) is 2.80. The van der Waals surface area contributed by atoms with Crippen LogP contribution in [0.4, 0.5) is 4.79 Å². The molecule has 1 atom stereocenters. The zero-order valence-electron chi connectivity index (χ0n) is 14.2. The maximum atomic E-state index is 12.8. The molecule has 6 heteroatoms. The van der Waals surface area contributed by atoms with Crippen LogP contribution in [0, 0.1) is 6.92 Å². The molecule has 1 aromatic rings. The molecule has 0 spiro atoms. The lowest BCUT2D eigenvalue weighted by atomic mass is 9.91. The van der Waals surface area contributed by atoms with E-state index in [-0.39, 0.29) is 18.4 Å². The molecule has 4 amide bonds. The number of imide groups is 1. The van der Waals surface area contributed by atoms with Crippen molar-refractivity contribution in [3.8, 4) is 0 Å². The zero-order chi connectivity index (χ0) is 17.3. The van der Waals surface area contributed by atoms with E-state index in [1.165, 1.54) is 0 Å². The first-order chi connectivity index (χ1) is 11.4. The number of carbonyl (C=O) groups is 3. The highest BCUT2D eigenvalue weighted by atomic mass is 16.2. The van der Waals surface area contributed by atoms with Gasteiger partial charge in [0, 0.05) is 13.1 Å². The molecule has 0 unspecified atom stereocenters. The van der Waals surface area contributed by atoms with E-state index in [0.717, 1.165) is 35.3 Å². The lowest BCUT2D eigenvalue weighted by Crippen LogP contribution is -2.45. The Labute approximate surface area is 141 Å². The SMILES string of the molecule is Cc1ccc([C@]2(C)NC(=O)N(CC(=O)N3CCCCC3)C2=O)cc1. The Kier molecular flexibility index (Phi) is 4.30. The van der Waals surface area contributed by atoms with E-state index < -0.39 is 11.6 Å². The summed E-state index contributed by atoms with van der Waals surface area (Å²) < 4.78 is 0. The number of hydrogen-bond acceptors (Lipinski definition) is 3. The van der Waals surface area contributed by atoms with Gasteiger partial charge in [0.1, 0.15) is 12.1 Å². The molecule has 6 nitrogen and oxygen atoms in total. The van der Waals surface area contributed by atoms with E-state index in [4.69, 9.17) is 0 Å². The average molecular weight is 329 g/mol. The number of benzene rings is 1. The highest BCUT2D eigenvalue weighted by Crippen LogP contribution is 2.29. The number of piperidine rings is 1. The van der Waals surface area contributed by atoms with Gasteiger partial charge in [-0.25, -0.2) is 4.79 Å². The van der Waals surface area contributed by atoms with Gasteiger partial charge in [-0.05, 0) is 38.7 Å². The summed E-state index contributed by atoms with van der Waals surface area (Å²) in [6.07, 6.45) is 3.08. The summed E-state index contributed by atoms with van der Waals surface area (Å²) in [5.74, 6) is -0.534. The van der Waals surface area contributed by atoms with Gasteiger partial charge in [0.2, 0.25) is 5.91 Å². The molecule has 2 aliphatic heterocycles. The standard InChI is InChI=1S/C18H23N3O3/c1-13-6-8-14(9-7-13)18(2)16(23)21(17(24)19-18)12-15(22)20-10-4-3-5-11-20/h6-9H,3-5,10-12H2,1-2H3,(H,19,24)/t18-/m0/s1. The van der Waals surface area contributed by atoms with Crippen molar-refractivity contribution in [3.05, 3.63) is 35.4 Å². The van der Waals surface area contributed by atoms with Gasteiger partial charge in [0.05, 0.1) is 0 Å². The Morgan fingerprint density at radius 2 is 1.75 bits per heavy atom. The summed E-state index contributed by atoms with van der Waals surface area (Å²) >= 11 is 0. The summed E-state index contributed by atoms with van der Waals surface area (Å²) in [5.41, 5.74) is 0.683. The highest BCUT2D eigenvalue weighted by molar-refractivity contribution is 6.09. The van der Waals surface area contributed by atoms with Crippen LogP contribution in [0.2, 0.25) is 0 Å². The minimum absolute atomic E-state index is 0.161. The van der Waals surface area contributed by atoms with Gasteiger partial charge in [-0.1, -0.05) is 29.8 Å². The number of nitrogens with zero attached hydrogens (tertiary/aromatic N) is 2. The van der Waals surface area contributed by atoms with Crippen molar-refractivity contribution in [3.63, 3.8) is 0 Å². The number of rotatable bonds is 3. The summed E-state index contributed by atoms with van der Waals surface area (Å²) in [6.45, 7) is 4.87. The van der Waals surface area contributed by atoms with Crippen molar-refractivity contribution in [2.24, 2.45) is 0 Å². The Hall–Kier alpha value is -2.37. The Balaban J connectivity index is 1.76. The number of urea groups is 1. The minimum Gasteiger partial charge on any atom is -0.341 e. The Morgan fingerprint density at radius 3 is 2.38 bits per heavy atom. The number of hydrogen-bond donors (Lipinski definition) is 1. The predicted molar refractivity (Wildman–Crippen MR) is 89.2 cm³/mol. The lowest BCUT2D eigenvalue weighted by molar-refractivity contribution is -0.139. The van der Waals surface area contributed by atoms with Crippen LogP contribution in [0.15, 0.2) is 24.3 Å². The molecule has 24 heavy (non-hydrogen) atoms. The molecular weight excluding hydrogens is 306 g/mol. The maximum absolute atomic E-state index is 12.8. The molecule has 2 heterocycles. The molecule has 128 valence electrons. The molecule has 0 aromatic heterocycles. The third kappa shape index (κ3) is 2.88. The molecule has 1 aromatic carbocycles. The van der Waals surface area contributed by atoms with Crippen molar-refractivity contribution >= 4 is 17.8 Å². The number of likely N-dealkylation sites (tertiary alicyclic amines) is 1. The van der Waals surface area contributed by atoms with Crippen LogP contribution in [0.1, 0.15) is 37.3 Å². The molecule has 0 bridgehead atoms. The third-order valence-electron chi connectivity index (χ3n) is 4.91. The second-order valence-corrected chi connectivity index (χ2v) is 6.75. The van der Waals surface area contributed by atoms with Crippen molar-refractivity contribution in [2.75, 3.05) is 19.6 Å². The van der Waals surface area contributed by atoms with Crippen LogP contribution in [-0.4, -0.2) is 47.3 Å². The number of carbonyl (C=O) groups excluding carboxylic acids is 3. The van der Waals surface area contributed by atoms with Gasteiger partial charge in [0.15, 0.2) is 0 Å². The van der Waals surface area contributed by atoms with Crippen LogP contribution in [-0.2, 0) is 15.1 Å². The number of aryl methyl sites for hydroxylation is 1. The van der Waals surface area contributed by atoms with E-state index in [1.54, 1.807) is 11.8 Å². The molecule has 0 saturated carbocycles. The fraction of sp³-hybridized carbons (Fsp3) is 0.500. The van der Waals surface area contributed by atoms with Crippen LogP contribution in [0.3, 0.4) is 0 Å². The van der Waals surface area contributed by atoms with E-state index in [9.17, 15) is 14.4 Å². The maximum Gasteiger partial charge on any atom is 0.325 e. The van der Waals surface area contributed by atoms with Crippen molar-refractivity contribution in [1.29, 1.82) is 0 Å². The summed E-state index contributed by atoms with van der Waals surface area (Å²) in [4.78, 5) is 40.3. The van der Waals surface area contributed by atoms with Gasteiger partial charge >= 0.3 is 6.03 Å². The smallest absolute Gasteiger partial charge is 0.325 e. The molecule has 3 rings (SSSR count). The monoisotopic (exact) mass is 329 g/mol. The van der Waals surface area contributed by atoms with Gasteiger partial charge in [-0.3, -0.25) is 14.5 Å². The van der Waals surface area contributed by atoms with E-state index in [1.807, 2.05) is 31.2 Å². The molecule has 2 saturated heterocycles. The van der Waals surface area contributed by atoms with Gasteiger partial charge in [0.25, 0.3) is 5.91 Å². The molecule has 2 fully saturated rings. The molecule has 0 radical (unpaired) electrons. The Bertz CT molecular complexity index is 665. The molecular formula is C18H23N3O3. The first kappa shape index (κ1) is 16.5. The zero-order valence-corrected chi connectivity index (χ0v) is 14.2. The third-order valence-corrected chi connectivity index (χ3v) is 4.91. The second kappa shape index (κ2) is 6.26. The summed E-state index contributed by atoms with van der Waals surface area (Å²) in [5, 5.41) is 2.74. The van der Waals surface area contributed by atoms with Gasteiger partial charge < -0.3 is 10.2 Å². The fourth-order valence-corrected chi connectivity index (χ4v) is 3.30. The fourth-order valence-electron chi connectivity index (χ4n) is 3.30. The van der Waals surface area contributed by atoms with Crippen LogP contribution >= 0.6 is 0 Å². The predicted octanol–water partition coefficient (Wildman–Crippen LogP) is 1.77. The molecule has 2 aliphatic rings. The summed E-state index contributed by atoms with van der Waals surface area (Å²) in [7, 11) is 0. The van der Waals surface area contributed by atoms with Crippen LogP contribution in [0.5, 0.6) is 0 Å². The summed E-state index contributed by atoms with van der Waals surface area (Å²) in [6, 6.07) is 6.98. The van der Waals surface area contributed by atoms with Gasteiger partial charge in [-0.2, -0.15) is 0 Å². The highest BCUT2D eigenvalue weighted by Gasteiger charge is 2.49. The lowest BCUT2D eigenvalue weighted by Gasteiger charge is -2.28. The topological polar surface area (TPSA) is 69.7 Å². The van der Waals surface area contributed by atoms with E-state index in [0.29, 0.717) is 13.1 Å². The van der Waals surface area contributed by atoms with E-state index in [2.05, 4.69) is 5.32 Å². The quantitative estimate of drug-likeness (QED) is 0.859. The number of nitrogens with one attached hydrogen (secondary N) is 1. The normalized spacial score (nSPS) is 24.2. The van der Waals surface area contributed by atoms with Crippen LogP contribution in [0.25, 0.3) is 0 Å². The van der Waals surface area contributed by atoms with Crippen molar-refractivity contribution < 1.29 is 14.4 Å². The first-order valence-corrected chi connectivity index (χ1v) is 8.41. The minimum atomic E-state index is -1.12. The van der Waals surface area contributed by atoms with E-state index >= 15 is 0 Å². The van der Waals surface area contributed by atoms with Crippen molar-refractivity contribution in [1.82, 2.24) is 15.1 Å². The van der Waals surface area contributed by atoms with Gasteiger partial charge in [-0.15, -0.1) is 0 Å². The second-order valence-electron chi connectivity index (χ2n) is 6.75.